The van der Waals surface area contributed by atoms with Crippen LogP contribution in [0.1, 0.15) is 31.2 Å². The van der Waals surface area contributed by atoms with Crippen LogP contribution in [0.4, 0.5) is 18.9 Å². The summed E-state index contributed by atoms with van der Waals surface area (Å²) in [6.07, 6.45) is 0.286. The van der Waals surface area contributed by atoms with Gasteiger partial charge in [0.25, 0.3) is 0 Å². The molecular weight excluding hydrogens is 445 g/mol. The number of hydrogen-bond donors (Lipinski definition) is 2. The summed E-state index contributed by atoms with van der Waals surface area (Å²) in [5, 5.41) is 5.33. The van der Waals surface area contributed by atoms with E-state index in [0.29, 0.717) is 50.6 Å². The maximum absolute atomic E-state index is 13.0. The Balaban J connectivity index is 1.19. The van der Waals surface area contributed by atoms with E-state index in [4.69, 9.17) is 11.6 Å². The maximum Gasteiger partial charge on any atom is 0.417 e. The second-order valence-electron chi connectivity index (χ2n) is 9.06. The van der Waals surface area contributed by atoms with E-state index in [2.05, 4.69) is 15.5 Å². The molecular formula is C22H28ClF3N4O2. The van der Waals surface area contributed by atoms with Crippen LogP contribution in [0.25, 0.3) is 0 Å². The van der Waals surface area contributed by atoms with Gasteiger partial charge in [0.05, 0.1) is 23.7 Å². The number of rotatable bonds is 8. The number of benzene rings is 1. The van der Waals surface area contributed by atoms with E-state index in [1.807, 2.05) is 4.90 Å². The Morgan fingerprint density at radius 2 is 1.50 bits per heavy atom. The largest absolute Gasteiger partial charge is 0.417 e. The number of nitrogens with zero attached hydrogens (tertiary/aromatic N) is 2. The quantitative estimate of drug-likeness (QED) is 0.610. The van der Waals surface area contributed by atoms with Crippen LogP contribution in [0.5, 0.6) is 0 Å². The first-order valence-corrected chi connectivity index (χ1v) is 11.5. The van der Waals surface area contributed by atoms with Crippen molar-refractivity contribution in [2.75, 3.05) is 44.6 Å². The van der Waals surface area contributed by atoms with Crippen molar-refractivity contribution in [1.29, 1.82) is 0 Å². The van der Waals surface area contributed by atoms with Gasteiger partial charge in [-0.2, -0.15) is 13.2 Å². The molecule has 2 saturated carbocycles. The fourth-order valence-electron chi connectivity index (χ4n) is 4.30. The van der Waals surface area contributed by atoms with Gasteiger partial charge in [0.1, 0.15) is 0 Å². The molecule has 2 N–H and O–H groups in total. The third-order valence-corrected chi connectivity index (χ3v) is 6.67. The molecule has 4 rings (SSSR count). The van der Waals surface area contributed by atoms with Gasteiger partial charge in [-0.1, -0.05) is 11.6 Å². The molecule has 1 aromatic carbocycles. The van der Waals surface area contributed by atoms with E-state index in [9.17, 15) is 22.8 Å². The summed E-state index contributed by atoms with van der Waals surface area (Å²) in [5.74, 6) is 1.01. The Morgan fingerprint density at radius 1 is 0.969 bits per heavy atom. The van der Waals surface area contributed by atoms with Gasteiger partial charge < -0.3 is 10.6 Å². The van der Waals surface area contributed by atoms with Gasteiger partial charge in [-0.15, -0.1) is 0 Å². The van der Waals surface area contributed by atoms with Crippen LogP contribution >= 0.6 is 11.6 Å². The number of alkyl halides is 3. The summed E-state index contributed by atoms with van der Waals surface area (Å²) in [7, 11) is 0. The van der Waals surface area contributed by atoms with E-state index in [-0.39, 0.29) is 24.0 Å². The molecule has 10 heteroatoms. The summed E-state index contributed by atoms with van der Waals surface area (Å²) in [5.41, 5.74) is -0.919. The Morgan fingerprint density at radius 3 is 2.00 bits per heavy atom. The van der Waals surface area contributed by atoms with Gasteiger partial charge in [-0.25, -0.2) is 0 Å². The van der Waals surface area contributed by atoms with Crippen molar-refractivity contribution in [3.05, 3.63) is 28.8 Å². The van der Waals surface area contributed by atoms with Crippen LogP contribution < -0.4 is 10.6 Å². The summed E-state index contributed by atoms with van der Waals surface area (Å²) >= 11 is 5.61. The lowest BCUT2D eigenvalue weighted by molar-refractivity contribution is -0.137. The zero-order valence-corrected chi connectivity index (χ0v) is 18.5. The summed E-state index contributed by atoms with van der Waals surface area (Å²) < 4.78 is 38.9. The summed E-state index contributed by atoms with van der Waals surface area (Å²) in [6, 6.07) is 3.66. The lowest BCUT2D eigenvalue weighted by Crippen LogP contribution is -2.52. The fraction of sp³-hybridized carbons (Fsp3) is 0.636. The lowest BCUT2D eigenvalue weighted by Gasteiger charge is -2.34. The van der Waals surface area contributed by atoms with Crippen LogP contribution in [0, 0.1) is 11.8 Å². The van der Waals surface area contributed by atoms with Crippen molar-refractivity contribution >= 4 is 29.1 Å². The smallest absolute Gasteiger partial charge is 0.352 e. The first kappa shape index (κ1) is 23.3. The zero-order valence-electron chi connectivity index (χ0n) is 17.8. The number of piperazine rings is 1. The van der Waals surface area contributed by atoms with Crippen LogP contribution in [-0.2, 0) is 15.8 Å². The van der Waals surface area contributed by atoms with Crippen molar-refractivity contribution in [2.24, 2.45) is 11.8 Å². The van der Waals surface area contributed by atoms with Crippen molar-refractivity contribution in [3.8, 4) is 0 Å². The van der Waals surface area contributed by atoms with E-state index in [0.717, 1.165) is 12.1 Å². The molecule has 0 bridgehead atoms. The Bertz CT molecular complexity index is 838. The standard InChI is InChI=1S/C22H28ClF3N4O2/c23-18-6-5-16(11-17(18)22(24,25)26)27-19(31)12-29-7-9-30(10-8-29)13-20(32)28-21(14-1-2-14)15-3-4-15/h5-6,11,14-15,21H,1-4,7-10,12-13H2,(H,27,31)(H,28,32). The molecule has 0 atom stereocenters. The number of carbonyl (C=O) groups excluding carboxylic acids is 2. The number of carbonyl (C=O) groups is 2. The fourth-order valence-corrected chi connectivity index (χ4v) is 4.52. The molecule has 1 aromatic rings. The van der Waals surface area contributed by atoms with Gasteiger partial charge in [0.15, 0.2) is 0 Å². The number of nitrogens with one attached hydrogen (secondary N) is 2. The molecule has 2 amide bonds. The highest BCUT2D eigenvalue weighted by atomic mass is 35.5. The molecule has 0 aromatic heterocycles. The van der Waals surface area contributed by atoms with E-state index in [1.54, 1.807) is 0 Å². The second kappa shape index (κ2) is 9.57. The highest BCUT2D eigenvalue weighted by molar-refractivity contribution is 6.31. The Labute approximate surface area is 190 Å². The second-order valence-corrected chi connectivity index (χ2v) is 9.47. The van der Waals surface area contributed by atoms with Gasteiger partial charge in [-0.3, -0.25) is 19.4 Å². The average Bonchev–Trinajstić information content (AvgIpc) is 3.61. The predicted molar refractivity (Wildman–Crippen MR) is 115 cm³/mol. The van der Waals surface area contributed by atoms with Crippen molar-refractivity contribution < 1.29 is 22.8 Å². The highest BCUT2D eigenvalue weighted by Crippen LogP contribution is 2.44. The van der Waals surface area contributed by atoms with Crippen LogP contribution in [0.2, 0.25) is 5.02 Å². The molecule has 0 unspecified atom stereocenters. The molecule has 3 aliphatic rings. The Kier molecular flexibility index (Phi) is 6.97. The van der Waals surface area contributed by atoms with Gasteiger partial charge in [0, 0.05) is 37.9 Å². The molecule has 1 heterocycles. The first-order chi connectivity index (χ1) is 15.2. The Hall–Kier alpha value is -1.84. The summed E-state index contributed by atoms with van der Waals surface area (Å²) in [4.78, 5) is 28.8. The molecule has 1 saturated heterocycles. The zero-order chi connectivity index (χ0) is 22.9. The molecule has 0 radical (unpaired) electrons. The number of hydrogen-bond acceptors (Lipinski definition) is 4. The molecule has 2 aliphatic carbocycles. The van der Waals surface area contributed by atoms with Crippen molar-refractivity contribution in [3.63, 3.8) is 0 Å². The van der Waals surface area contributed by atoms with E-state index >= 15 is 0 Å². The van der Waals surface area contributed by atoms with Crippen molar-refractivity contribution in [1.82, 2.24) is 15.1 Å². The SMILES string of the molecule is O=C(CN1CCN(CC(=O)NC(C2CC2)C2CC2)CC1)Nc1ccc(Cl)c(C(F)(F)F)c1. The van der Waals surface area contributed by atoms with Crippen molar-refractivity contribution in [2.45, 2.75) is 37.9 Å². The molecule has 0 spiro atoms. The average molecular weight is 473 g/mol. The minimum Gasteiger partial charge on any atom is -0.352 e. The van der Waals surface area contributed by atoms with Gasteiger partial charge in [0.2, 0.25) is 11.8 Å². The van der Waals surface area contributed by atoms with Gasteiger partial charge in [-0.05, 0) is 55.7 Å². The third kappa shape index (κ3) is 6.36. The molecule has 3 fully saturated rings. The number of anilines is 1. The minimum atomic E-state index is -4.59. The monoisotopic (exact) mass is 472 g/mol. The lowest BCUT2D eigenvalue weighted by atomic mass is 10.1. The molecule has 32 heavy (non-hydrogen) atoms. The summed E-state index contributed by atoms with van der Waals surface area (Å²) in [6.45, 7) is 3.00. The number of halogens is 4. The first-order valence-electron chi connectivity index (χ1n) is 11.1. The maximum atomic E-state index is 13.0. The van der Waals surface area contributed by atoms with E-state index in [1.165, 1.54) is 31.7 Å². The van der Waals surface area contributed by atoms with Crippen LogP contribution in [-0.4, -0.2) is 66.9 Å². The molecule has 6 nitrogen and oxygen atoms in total. The highest BCUT2D eigenvalue weighted by Gasteiger charge is 2.42. The predicted octanol–water partition coefficient (Wildman–Crippen LogP) is 3.22. The van der Waals surface area contributed by atoms with E-state index < -0.39 is 16.8 Å². The minimum absolute atomic E-state index is 0.0583. The van der Waals surface area contributed by atoms with Gasteiger partial charge >= 0.3 is 6.18 Å². The van der Waals surface area contributed by atoms with Crippen LogP contribution in [0.15, 0.2) is 18.2 Å². The third-order valence-electron chi connectivity index (χ3n) is 6.34. The number of amides is 2. The molecule has 1 aliphatic heterocycles. The normalized spacial score (nSPS) is 20.4. The van der Waals surface area contributed by atoms with Crippen LogP contribution in [0.3, 0.4) is 0 Å². The molecule has 176 valence electrons. The topological polar surface area (TPSA) is 64.7 Å².